The third kappa shape index (κ3) is 3.49. The summed E-state index contributed by atoms with van der Waals surface area (Å²) in [5.74, 6) is 0. The summed E-state index contributed by atoms with van der Waals surface area (Å²) >= 11 is 0. The molecule has 0 aromatic heterocycles. The molecule has 1 aromatic carbocycles. The molecule has 0 saturated carbocycles. The van der Waals surface area contributed by atoms with Gasteiger partial charge in [-0.1, -0.05) is 0 Å². The molecule has 1 rings (SSSR count). The summed E-state index contributed by atoms with van der Waals surface area (Å²) in [5, 5.41) is 12.0. The number of rotatable bonds is 5. The highest BCUT2D eigenvalue weighted by molar-refractivity contribution is 5.62. The van der Waals surface area contributed by atoms with E-state index in [0.29, 0.717) is 17.9 Å². The minimum absolute atomic E-state index is 0.576. The third-order valence-corrected chi connectivity index (χ3v) is 2.00. The smallest absolute Gasteiger partial charge is 0.101 e. The van der Waals surface area contributed by atoms with Gasteiger partial charge in [0.1, 0.15) is 6.07 Å². The van der Waals surface area contributed by atoms with Crippen molar-refractivity contribution in [1.82, 2.24) is 0 Å². The zero-order chi connectivity index (χ0) is 11.1. The number of hydrogen-bond donors (Lipinski definition) is 2. The average molecular weight is 205 g/mol. The maximum atomic E-state index is 8.88. The second kappa shape index (κ2) is 5.89. The van der Waals surface area contributed by atoms with Gasteiger partial charge >= 0.3 is 0 Å². The van der Waals surface area contributed by atoms with E-state index >= 15 is 0 Å². The fraction of sp³-hybridized carbons (Fsp3) is 0.364. The molecule has 4 nitrogen and oxygen atoms in total. The molecular formula is C11H15N3O. The molecular weight excluding hydrogens is 190 g/mol. The quantitative estimate of drug-likeness (QED) is 0.565. The van der Waals surface area contributed by atoms with Gasteiger partial charge in [0.2, 0.25) is 0 Å². The lowest BCUT2D eigenvalue weighted by Crippen LogP contribution is -2.06. The van der Waals surface area contributed by atoms with Crippen LogP contribution in [0.2, 0.25) is 0 Å². The summed E-state index contributed by atoms with van der Waals surface area (Å²) < 4.78 is 4.93. The summed E-state index contributed by atoms with van der Waals surface area (Å²) in [5.41, 5.74) is 7.58. The zero-order valence-electron chi connectivity index (χ0n) is 8.79. The summed E-state index contributed by atoms with van der Waals surface area (Å²) in [6.07, 6.45) is 0.908. The van der Waals surface area contributed by atoms with Gasteiger partial charge in [-0.2, -0.15) is 5.26 Å². The monoisotopic (exact) mass is 205 g/mol. The van der Waals surface area contributed by atoms with Crippen molar-refractivity contribution in [2.75, 3.05) is 31.3 Å². The number of nitrogens with two attached hydrogens (primary N) is 1. The van der Waals surface area contributed by atoms with Crippen molar-refractivity contribution in [2.24, 2.45) is 0 Å². The summed E-state index contributed by atoms with van der Waals surface area (Å²) in [4.78, 5) is 0. The van der Waals surface area contributed by atoms with E-state index in [1.54, 1.807) is 19.2 Å². The Kier molecular flexibility index (Phi) is 4.45. The molecule has 0 aliphatic heterocycles. The number of nitrogens with zero attached hydrogens (tertiary/aromatic N) is 1. The molecule has 3 N–H and O–H groups in total. The molecule has 0 atom stereocenters. The molecule has 0 amide bonds. The van der Waals surface area contributed by atoms with E-state index < -0.39 is 0 Å². The minimum Gasteiger partial charge on any atom is -0.399 e. The van der Waals surface area contributed by atoms with Crippen LogP contribution >= 0.6 is 0 Å². The first-order valence-electron chi connectivity index (χ1n) is 4.80. The van der Waals surface area contributed by atoms with Crippen LogP contribution in [-0.4, -0.2) is 20.3 Å². The summed E-state index contributed by atoms with van der Waals surface area (Å²) in [7, 11) is 1.67. The molecule has 0 heterocycles. The maximum Gasteiger partial charge on any atom is 0.101 e. The molecule has 0 unspecified atom stereocenters. The van der Waals surface area contributed by atoms with Crippen LogP contribution in [0.1, 0.15) is 12.0 Å². The number of benzene rings is 1. The van der Waals surface area contributed by atoms with E-state index in [2.05, 4.69) is 11.4 Å². The van der Waals surface area contributed by atoms with Gasteiger partial charge < -0.3 is 15.8 Å². The van der Waals surface area contributed by atoms with Gasteiger partial charge in [-0.3, -0.25) is 0 Å². The fourth-order valence-electron chi connectivity index (χ4n) is 1.25. The van der Waals surface area contributed by atoms with Crippen LogP contribution < -0.4 is 11.1 Å². The van der Waals surface area contributed by atoms with Crippen LogP contribution in [0, 0.1) is 11.3 Å². The Morgan fingerprint density at radius 2 is 2.33 bits per heavy atom. The normalized spacial score (nSPS) is 9.60. The molecule has 4 heteroatoms. The van der Waals surface area contributed by atoms with Crippen molar-refractivity contribution >= 4 is 11.4 Å². The Labute approximate surface area is 89.7 Å². The van der Waals surface area contributed by atoms with E-state index in [1.165, 1.54) is 0 Å². The van der Waals surface area contributed by atoms with Crippen molar-refractivity contribution in [2.45, 2.75) is 6.42 Å². The Hall–Kier alpha value is -1.73. The molecule has 15 heavy (non-hydrogen) atoms. The van der Waals surface area contributed by atoms with Crippen LogP contribution in [0.15, 0.2) is 18.2 Å². The van der Waals surface area contributed by atoms with Gasteiger partial charge in [0.15, 0.2) is 0 Å². The molecule has 0 aliphatic rings. The lowest BCUT2D eigenvalue weighted by molar-refractivity contribution is 0.198. The Balaban J connectivity index is 2.57. The van der Waals surface area contributed by atoms with Crippen LogP contribution in [0.4, 0.5) is 11.4 Å². The molecule has 80 valence electrons. The lowest BCUT2D eigenvalue weighted by Gasteiger charge is -2.08. The number of nitrogens with one attached hydrogen (secondary N) is 1. The molecule has 0 radical (unpaired) electrons. The third-order valence-electron chi connectivity index (χ3n) is 2.00. The number of nitriles is 1. The highest BCUT2D eigenvalue weighted by atomic mass is 16.5. The number of hydrogen-bond acceptors (Lipinski definition) is 4. The minimum atomic E-state index is 0.576. The van der Waals surface area contributed by atoms with Gasteiger partial charge in [-0.15, -0.1) is 0 Å². The maximum absolute atomic E-state index is 8.88. The van der Waals surface area contributed by atoms with Gasteiger partial charge in [0, 0.05) is 25.9 Å². The standard InChI is InChI=1S/C11H15N3O/c1-15-6-2-5-14-11-4-3-10(13)7-9(11)8-12/h3-4,7,14H,2,5-6,13H2,1H3. The van der Waals surface area contributed by atoms with E-state index in [-0.39, 0.29) is 0 Å². The summed E-state index contributed by atoms with van der Waals surface area (Å²) in [6, 6.07) is 7.37. The van der Waals surface area contributed by atoms with Crippen molar-refractivity contribution in [3.05, 3.63) is 23.8 Å². The molecule has 0 fully saturated rings. The van der Waals surface area contributed by atoms with E-state index in [1.807, 2.05) is 6.07 Å². The van der Waals surface area contributed by atoms with Gasteiger partial charge in [0.25, 0.3) is 0 Å². The Morgan fingerprint density at radius 3 is 3.00 bits per heavy atom. The number of nitrogen functional groups attached to an aromatic ring is 1. The van der Waals surface area contributed by atoms with Crippen LogP contribution in [0.5, 0.6) is 0 Å². The second-order valence-electron chi connectivity index (χ2n) is 3.19. The van der Waals surface area contributed by atoms with Gasteiger partial charge in [-0.25, -0.2) is 0 Å². The molecule has 0 aliphatic carbocycles. The molecule has 0 spiro atoms. The Morgan fingerprint density at radius 1 is 1.53 bits per heavy atom. The first kappa shape index (κ1) is 11.3. The van der Waals surface area contributed by atoms with E-state index in [4.69, 9.17) is 15.7 Å². The van der Waals surface area contributed by atoms with Crippen molar-refractivity contribution < 1.29 is 4.74 Å². The topological polar surface area (TPSA) is 71.1 Å². The molecule has 0 saturated heterocycles. The number of anilines is 2. The van der Waals surface area contributed by atoms with Crippen molar-refractivity contribution in [1.29, 1.82) is 5.26 Å². The average Bonchev–Trinajstić information content (AvgIpc) is 2.26. The molecule has 1 aromatic rings. The first-order chi connectivity index (χ1) is 7.27. The first-order valence-corrected chi connectivity index (χ1v) is 4.80. The molecule has 0 bridgehead atoms. The highest BCUT2D eigenvalue weighted by Gasteiger charge is 2.00. The van der Waals surface area contributed by atoms with Crippen LogP contribution in [0.25, 0.3) is 0 Å². The predicted molar refractivity (Wildman–Crippen MR) is 60.6 cm³/mol. The lowest BCUT2D eigenvalue weighted by atomic mass is 10.1. The van der Waals surface area contributed by atoms with Gasteiger partial charge in [0.05, 0.1) is 11.3 Å². The van der Waals surface area contributed by atoms with Crippen LogP contribution in [0.3, 0.4) is 0 Å². The summed E-state index contributed by atoms with van der Waals surface area (Å²) in [6.45, 7) is 1.50. The van der Waals surface area contributed by atoms with Crippen LogP contribution in [-0.2, 0) is 4.74 Å². The Bertz CT molecular complexity index is 357. The predicted octanol–water partition coefficient (Wildman–Crippen LogP) is 1.59. The van der Waals surface area contributed by atoms with E-state index in [0.717, 1.165) is 18.7 Å². The van der Waals surface area contributed by atoms with Crippen molar-refractivity contribution in [3.8, 4) is 6.07 Å². The second-order valence-corrected chi connectivity index (χ2v) is 3.19. The number of methoxy groups -OCH3 is 1. The number of ether oxygens (including phenoxy) is 1. The fourth-order valence-corrected chi connectivity index (χ4v) is 1.25. The van der Waals surface area contributed by atoms with Gasteiger partial charge in [-0.05, 0) is 24.6 Å². The highest BCUT2D eigenvalue weighted by Crippen LogP contribution is 2.17. The SMILES string of the molecule is COCCCNc1ccc(N)cc1C#N. The van der Waals surface area contributed by atoms with Crippen molar-refractivity contribution in [3.63, 3.8) is 0 Å². The largest absolute Gasteiger partial charge is 0.399 e. The zero-order valence-corrected chi connectivity index (χ0v) is 8.79. The van der Waals surface area contributed by atoms with E-state index in [9.17, 15) is 0 Å².